The van der Waals surface area contributed by atoms with Crippen LogP contribution in [0.2, 0.25) is 0 Å². The van der Waals surface area contributed by atoms with Gasteiger partial charge in [-0.15, -0.1) is 0 Å². The first-order valence-electron chi connectivity index (χ1n) is 6.23. The van der Waals surface area contributed by atoms with E-state index in [1.807, 2.05) is 44.2 Å². The van der Waals surface area contributed by atoms with E-state index >= 15 is 0 Å². The average Bonchev–Trinajstić information content (AvgIpc) is 2.66. The molecule has 2 rings (SSSR count). The van der Waals surface area contributed by atoms with E-state index < -0.39 is 5.72 Å². The van der Waals surface area contributed by atoms with E-state index in [2.05, 4.69) is 4.79 Å². The highest BCUT2D eigenvalue weighted by Crippen LogP contribution is 2.28. The highest BCUT2D eigenvalue weighted by molar-refractivity contribution is 6.24. The molecule has 1 heterocycles. The first kappa shape index (κ1) is 13.5. The largest absolute Gasteiger partial charge is 0.361 e. The Hall–Kier alpha value is -1.97. The van der Waals surface area contributed by atoms with Crippen molar-refractivity contribution in [3.63, 3.8) is 0 Å². The molecular weight excluding hydrogens is 242 g/mol. The van der Waals surface area contributed by atoms with Gasteiger partial charge >= 0.3 is 12.1 Å². The monoisotopic (exact) mass is 259 g/mol. The molecule has 1 aromatic rings. The number of rotatable bonds is 3. The topological polar surface area (TPSA) is 65.9 Å². The molecule has 0 N–H and O–H groups in total. The lowest BCUT2D eigenvalue weighted by Crippen LogP contribution is -2.49. The molecule has 0 radical (unpaired) electrons. The molecule has 5 heteroatoms. The van der Waals surface area contributed by atoms with Crippen molar-refractivity contribution in [2.45, 2.75) is 32.0 Å². The predicted molar refractivity (Wildman–Crippen MR) is 70.5 cm³/mol. The molecule has 0 aliphatic carbocycles. The first-order valence-corrected chi connectivity index (χ1v) is 6.23. The number of carbonyl (C=O) groups is 1. The number of ether oxygens (including phenoxy) is 1. The Labute approximate surface area is 112 Å². The van der Waals surface area contributed by atoms with Crippen LogP contribution in [0.5, 0.6) is 0 Å². The second-order valence-electron chi connectivity index (χ2n) is 5.05. The van der Waals surface area contributed by atoms with E-state index in [4.69, 9.17) is 10.3 Å². The maximum Gasteiger partial charge on any atom is 0.344 e. The van der Waals surface area contributed by atoms with Crippen LogP contribution < -0.4 is 0 Å². The van der Waals surface area contributed by atoms with Crippen molar-refractivity contribution >= 4 is 12.1 Å². The summed E-state index contributed by atoms with van der Waals surface area (Å²) in [6.45, 7) is 4.15. The van der Waals surface area contributed by atoms with Gasteiger partial charge in [0.05, 0.1) is 12.6 Å². The zero-order valence-corrected chi connectivity index (χ0v) is 11.1. The summed E-state index contributed by atoms with van der Waals surface area (Å²) in [7, 11) is 0. The maximum absolute atomic E-state index is 12.0. The normalized spacial score (nSPS) is 20.9. The van der Waals surface area contributed by atoms with Crippen LogP contribution in [0.3, 0.4) is 0 Å². The van der Waals surface area contributed by atoms with Crippen LogP contribution in [0.4, 0.5) is 0 Å². The van der Waals surface area contributed by atoms with Gasteiger partial charge in [0, 0.05) is 0 Å². The predicted octanol–water partition coefficient (Wildman–Crippen LogP) is 1.49. The minimum atomic E-state index is -0.683. The molecule has 0 aromatic heterocycles. The van der Waals surface area contributed by atoms with Gasteiger partial charge in [0.1, 0.15) is 5.72 Å². The standard InChI is InChI=1S/C14H17N3O2/c1-14(2)17(13(18)9-16-15)12(10-19-14)8-11-6-4-3-5-7-11/h3-7,9,12H,8,10H2,1-2H3/t12-/m0/s1. The van der Waals surface area contributed by atoms with E-state index in [1.54, 1.807) is 4.90 Å². The quantitative estimate of drug-likeness (QED) is 0.469. The summed E-state index contributed by atoms with van der Waals surface area (Å²) >= 11 is 0. The first-order chi connectivity index (χ1) is 9.04. The summed E-state index contributed by atoms with van der Waals surface area (Å²) in [5.74, 6) is -0.342. The molecule has 100 valence electrons. The molecule has 19 heavy (non-hydrogen) atoms. The van der Waals surface area contributed by atoms with Crippen LogP contribution in [0.15, 0.2) is 30.3 Å². The van der Waals surface area contributed by atoms with Crippen molar-refractivity contribution in [3.8, 4) is 0 Å². The third-order valence-electron chi connectivity index (χ3n) is 3.29. The Bertz CT molecular complexity index is 507. The average molecular weight is 259 g/mol. The fourth-order valence-corrected chi connectivity index (χ4v) is 2.48. The SMILES string of the molecule is CC1(C)OC[C@H](Cc2ccccc2)N1C(=O)C=[N+]=[N-]. The molecule has 1 fully saturated rings. The Kier molecular flexibility index (Phi) is 3.79. The zero-order valence-electron chi connectivity index (χ0n) is 11.1. The fourth-order valence-electron chi connectivity index (χ4n) is 2.48. The molecule has 1 aromatic carbocycles. The Balaban J connectivity index is 2.20. The molecule has 1 aliphatic heterocycles. The summed E-state index contributed by atoms with van der Waals surface area (Å²) in [6.07, 6.45) is 1.63. The van der Waals surface area contributed by atoms with Gasteiger partial charge in [-0.25, -0.2) is 0 Å². The number of hydrogen-bond acceptors (Lipinski definition) is 2. The third-order valence-corrected chi connectivity index (χ3v) is 3.29. The molecule has 0 bridgehead atoms. The summed E-state index contributed by atoms with van der Waals surface area (Å²) in [6, 6.07) is 9.89. The van der Waals surface area contributed by atoms with E-state index in [9.17, 15) is 4.79 Å². The lowest BCUT2D eigenvalue weighted by molar-refractivity contribution is -0.141. The number of nitrogens with zero attached hydrogens (tertiary/aromatic N) is 3. The minimum absolute atomic E-state index is 0.0529. The third kappa shape index (κ3) is 2.89. The summed E-state index contributed by atoms with van der Waals surface area (Å²) in [5.41, 5.74) is 8.99. The van der Waals surface area contributed by atoms with E-state index in [1.165, 1.54) is 0 Å². The maximum atomic E-state index is 12.0. The number of carbonyl (C=O) groups excluding carboxylic acids is 1. The summed E-state index contributed by atoms with van der Waals surface area (Å²) in [5, 5.41) is 0. The number of hydrogen-bond donors (Lipinski definition) is 0. The smallest absolute Gasteiger partial charge is 0.344 e. The number of benzene rings is 1. The van der Waals surface area contributed by atoms with Crippen LogP contribution in [0.1, 0.15) is 19.4 Å². The Morgan fingerprint density at radius 1 is 1.53 bits per heavy atom. The lowest BCUT2D eigenvalue weighted by atomic mass is 10.0. The van der Waals surface area contributed by atoms with Crippen LogP contribution >= 0.6 is 0 Å². The van der Waals surface area contributed by atoms with Gasteiger partial charge in [-0.1, -0.05) is 30.3 Å². The van der Waals surface area contributed by atoms with E-state index in [-0.39, 0.29) is 11.9 Å². The second kappa shape index (κ2) is 5.34. The van der Waals surface area contributed by atoms with Gasteiger partial charge in [-0.2, -0.15) is 4.79 Å². The summed E-state index contributed by atoms with van der Waals surface area (Å²) < 4.78 is 5.67. The molecule has 1 amide bonds. The van der Waals surface area contributed by atoms with Crippen molar-refractivity contribution in [2.24, 2.45) is 0 Å². The van der Waals surface area contributed by atoms with Crippen molar-refractivity contribution in [1.29, 1.82) is 0 Å². The summed E-state index contributed by atoms with van der Waals surface area (Å²) in [4.78, 5) is 16.4. The fraction of sp³-hybridized carbons (Fsp3) is 0.429. The van der Waals surface area contributed by atoms with Gasteiger partial charge < -0.3 is 10.3 Å². The molecule has 1 atom stereocenters. The number of amides is 1. The van der Waals surface area contributed by atoms with Crippen molar-refractivity contribution < 1.29 is 14.3 Å². The van der Waals surface area contributed by atoms with Gasteiger partial charge in [-0.3, -0.25) is 9.69 Å². The Morgan fingerprint density at radius 3 is 2.84 bits per heavy atom. The van der Waals surface area contributed by atoms with Crippen molar-refractivity contribution in [3.05, 3.63) is 41.4 Å². The molecule has 0 unspecified atom stereocenters. The van der Waals surface area contributed by atoms with Crippen LogP contribution in [-0.4, -0.2) is 40.2 Å². The molecule has 0 spiro atoms. The molecular formula is C14H17N3O2. The van der Waals surface area contributed by atoms with Gasteiger partial charge in [0.15, 0.2) is 0 Å². The van der Waals surface area contributed by atoms with E-state index in [0.29, 0.717) is 6.61 Å². The van der Waals surface area contributed by atoms with Crippen LogP contribution in [0, 0.1) is 0 Å². The van der Waals surface area contributed by atoms with Crippen molar-refractivity contribution in [2.75, 3.05) is 6.61 Å². The van der Waals surface area contributed by atoms with Crippen LogP contribution in [0.25, 0.3) is 5.53 Å². The zero-order chi connectivity index (χ0) is 13.9. The van der Waals surface area contributed by atoms with Gasteiger partial charge in [0.2, 0.25) is 0 Å². The highest BCUT2D eigenvalue weighted by atomic mass is 16.5. The molecule has 0 saturated carbocycles. The van der Waals surface area contributed by atoms with Crippen molar-refractivity contribution in [1.82, 2.24) is 4.90 Å². The molecule has 1 aliphatic rings. The molecule has 5 nitrogen and oxygen atoms in total. The van der Waals surface area contributed by atoms with E-state index in [0.717, 1.165) is 18.2 Å². The van der Waals surface area contributed by atoms with Crippen LogP contribution in [-0.2, 0) is 16.0 Å². The Morgan fingerprint density at radius 2 is 2.21 bits per heavy atom. The second-order valence-corrected chi connectivity index (χ2v) is 5.05. The highest BCUT2D eigenvalue weighted by Gasteiger charge is 2.44. The molecule has 1 saturated heterocycles. The van der Waals surface area contributed by atoms with Gasteiger partial charge in [0.25, 0.3) is 0 Å². The minimum Gasteiger partial charge on any atom is -0.361 e. The lowest BCUT2D eigenvalue weighted by Gasteiger charge is -2.31. The van der Waals surface area contributed by atoms with Gasteiger partial charge in [-0.05, 0) is 25.8 Å².